The van der Waals surface area contributed by atoms with E-state index in [9.17, 15) is 19.7 Å². The molecule has 41 heavy (non-hydrogen) atoms. The second-order valence-corrected chi connectivity index (χ2v) is 10.8. The van der Waals surface area contributed by atoms with Gasteiger partial charge in [-0.1, -0.05) is 23.5 Å². The van der Waals surface area contributed by atoms with Gasteiger partial charge in [-0.15, -0.1) is 11.8 Å². The average molecular weight is 592 g/mol. The minimum atomic E-state index is -0.718. The topological polar surface area (TPSA) is 126 Å². The lowest BCUT2D eigenvalue weighted by Crippen LogP contribution is -2.39. The fourth-order valence-corrected chi connectivity index (χ4v) is 6.03. The second-order valence-electron chi connectivity index (χ2n) is 8.92. The summed E-state index contributed by atoms with van der Waals surface area (Å²) in [5.41, 5.74) is 1.50. The first-order valence-electron chi connectivity index (χ1n) is 12.5. The lowest BCUT2D eigenvalue weighted by Gasteiger charge is -2.24. The predicted octanol–water partition coefficient (Wildman–Crippen LogP) is 4.70. The van der Waals surface area contributed by atoms with Crippen molar-refractivity contribution in [2.24, 2.45) is 4.99 Å². The number of rotatable bonds is 8. The SMILES string of the molecule is CCOC(=O)C1=C(C)N=c2s/c(=C\c3ccc(-c4cc([N+](=O)[O-])ccc4OC)o3)c(=O)n2[C@@H]1c1ccc(SC)cc1. The number of methoxy groups -OCH3 is 1. The van der Waals surface area contributed by atoms with Gasteiger partial charge in [0.05, 0.1) is 46.0 Å². The number of hydrogen-bond donors (Lipinski definition) is 0. The van der Waals surface area contributed by atoms with E-state index in [2.05, 4.69) is 4.99 Å². The maximum absolute atomic E-state index is 13.8. The number of benzene rings is 2. The number of esters is 1. The first-order valence-corrected chi connectivity index (χ1v) is 14.6. The van der Waals surface area contributed by atoms with Gasteiger partial charge in [0.15, 0.2) is 4.80 Å². The Morgan fingerprint density at radius 1 is 1.22 bits per heavy atom. The van der Waals surface area contributed by atoms with Gasteiger partial charge in [-0.25, -0.2) is 9.79 Å². The number of furan rings is 1. The van der Waals surface area contributed by atoms with Gasteiger partial charge in [-0.2, -0.15) is 0 Å². The minimum Gasteiger partial charge on any atom is -0.496 e. The van der Waals surface area contributed by atoms with Gasteiger partial charge in [0, 0.05) is 23.1 Å². The highest BCUT2D eigenvalue weighted by Gasteiger charge is 2.33. The van der Waals surface area contributed by atoms with E-state index in [0.717, 1.165) is 10.5 Å². The summed E-state index contributed by atoms with van der Waals surface area (Å²) in [4.78, 5) is 43.8. The molecule has 0 unspecified atom stereocenters. The quantitative estimate of drug-likeness (QED) is 0.125. The Morgan fingerprint density at radius 2 is 1.98 bits per heavy atom. The molecule has 2 aromatic carbocycles. The molecule has 0 aliphatic carbocycles. The van der Waals surface area contributed by atoms with E-state index in [1.807, 2.05) is 30.5 Å². The van der Waals surface area contributed by atoms with Crippen molar-refractivity contribution in [1.29, 1.82) is 0 Å². The molecule has 1 aliphatic rings. The summed E-state index contributed by atoms with van der Waals surface area (Å²) in [6, 6.07) is 14.5. The number of thiazole rings is 1. The van der Waals surface area contributed by atoms with Crippen molar-refractivity contribution in [3.05, 3.63) is 107 Å². The molecule has 0 saturated heterocycles. The summed E-state index contributed by atoms with van der Waals surface area (Å²) in [5, 5.41) is 11.3. The molecule has 0 amide bonds. The molecule has 10 nitrogen and oxygen atoms in total. The molecule has 12 heteroatoms. The van der Waals surface area contributed by atoms with Gasteiger partial charge in [0.25, 0.3) is 11.2 Å². The molecule has 0 radical (unpaired) electrons. The zero-order chi connectivity index (χ0) is 29.3. The molecule has 0 N–H and O–H groups in total. The number of fused-ring (bicyclic) bond motifs is 1. The third kappa shape index (κ3) is 5.35. The Hall–Kier alpha value is -4.42. The molecule has 0 bridgehead atoms. The number of aromatic nitrogens is 1. The second kappa shape index (κ2) is 11.6. The standard InChI is InChI=1S/C29H25N3O7S2/c1-5-38-28(34)25-16(2)30-29-31(26(25)17-6-10-20(40-4)11-7-17)27(33)24(41-29)15-19-9-13-23(39-19)21-14-18(32(35)36)8-12-22(21)37-3/h6-15,26H,5H2,1-4H3/b24-15-/t26-/m1/s1. The number of nitro benzene ring substituents is 1. The van der Waals surface area contributed by atoms with E-state index in [1.54, 1.807) is 43.8 Å². The fraction of sp³-hybridized carbons (Fsp3) is 0.207. The van der Waals surface area contributed by atoms with Crippen LogP contribution in [0.2, 0.25) is 0 Å². The molecular formula is C29H25N3O7S2. The summed E-state index contributed by atoms with van der Waals surface area (Å²) < 4.78 is 18.5. The van der Waals surface area contributed by atoms with Crippen LogP contribution >= 0.6 is 23.1 Å². The van der Waals surface area contributed by atoms with Crippen molar-refractivity contribution < 1.29 is 23.6 Å². The number of nitrogens with zero attached hydrogens (tertiary/aromatic N) is 3. The number of non-ortho nitro benzene ring substituents is 1. The van der Waals surface area contributed by atoms with E-state index in [-0.39, 0.29) is 17.9 Å². The van der Waals surface area contributed by atoms with Crippen LogP contribution in [0.3, 0.4) is 0 Å². The van der Waals surface area contributed by atoms with E-state index in [4.69, 9.17) is 13.9 Å². The van der Waals surface area contributed by atoms with Crippen molar-refractivity contribution in [3.63, 3.8) is 0 Å². The molecule has 1 atom stereocenters. The van der Waals surface area contributed by atoms with Gasteiger partial charge in [0.2, 0.25) is 0 Å². The zero-order valence-electron chi connectivity index (χ0n) is 22.6. The van der Waals surface area contributed by atoms with Crippen LogP contribution in [0, 0.1) is 10.1 Å². The molecule has 0 spiro atoms. The largest absolute Gasteiger partial charge is 0.496 e. The Kier molecular flexibility index (Phi) is 7.95. The lowest BCUT2D eigenvalue weighted by atomic mass is 9.96. The molecule has 2 aromatic heterocycles. The highest BCUT2D eigenvalue weighted by atomic mass is 32.2. The maximum Gasteiger partial charge on any atom is 0.338 e. The first kappa shape index (κ1) is 28.1. The molecular weight excluding hydrogens is 566 g/mol. The molecule has 4 aromatic rings. The van der Waals surface area contributed by atoms with Crippen molar-refractivity contribution in [2.45, 2.75) is 24.8 Å². The minimum absolute atomic E-state index is 0.106. The summed E-state index contributed by atoms with van der Waals surface area (Å²) in [7, 11) is 1.47. The normalized spacial score (nSPS) is 14.9. The number of nitro groups is 1. The van der Waals surface area contributed by atoms with Crippen LogP contribution in [0.25, 0.3) is 17.4 Å². The number of ether oxygens (including phenoxy) is 2. The fourth-order valence-electron chi connectivity index (χ4n) is 4.60. The van der Waals surface area contributed by atoms with Crippen LogP contribution in [-0.4, -0.2) is 35.4 Å². The Morgan fingerprint density at radius 3 is 2.63 bits per heavy atom. The molecule has 3 heterocycles. The number of allylic oxidation sites excluding steroid dienone is 1. The van der Waals surface area contributed by atoms with Crippen LogP contribution in [-0.2, 0) is 9.53 Å². The molecule has 0 fully saturated rings. The highest BCUT2D eigenvalue weighted by molar-refractivity contribution is 7.98. The number of thioether (sulfide) groups is 1. The van der Waals surface area contributed by atoms with E-state index in [0.29, 0.717) is 43.4 Å². The van der Waals surface area contributed by atoms with Crippen LogP contribution in [0.1, 0.15) is 31.2 Å². The van der Waals surface area contributed by atoms with E-state index < -0.39 is 16.9 Å². The average Bonchev–Trinajstić information content (AvgIpc) is 3.56. The van der Waals surface area contributed by atoms with Crippen LogP contribution in [0.15, 0.2) is 85.0 Å². The first-order chi connectivity index (χ1) is 19.7. The Balaban J connectivity index is 1.62. The summed E-state index contributed by atoms with van der Waals surface area (Å²) in [6.45, 7) is 3.65. The predicted molar refractivity (Wildman–Crippen MR) is 156 cm³/mol. The summed E-state index contributed by atoms with van der Waals surface area (Å²) in [6.07, 6.45) is 3.57. The number of carbonyl (C=O) groups excluding carboxylic acids is 1. The van der Waals surface area contributed by atoms with E-state index >= 15 is 0 Å². The molecule has 1 aliphatic heterocycles. The Bertz CT molecular complexity index is 1870. The van der Waals surface area contributed by atoms with E-state index in [1.165, 1.54) is 41.2 Å². The smallest absolute Gasteiger partial charge is 0.338 e. The van der Waals surface area contributed by atoms with Crippen LogP contribution in [0.4, 0.5) is 5.69 Å². The van der Waals surface area contributed by atoms with Gasteiger partial charge in [-0.05, 0) is 56.0 Å². The van der Waals surface area contributed by atoms with Gasteiger partial charge < -0.3 is 13.9 Å². The number of carbonyl (C=O) groups is 1. The van der Waals surface area contributed by atoms with Crippen molar-refractivity contribution in [2.75, 3.05) is 20.0 Å². The van der Waals surface area contributed by atoms with Crippen LogP contribution in [0.5, 0.6) is 5.75 Å². The monoisotopic (exact) mass is 591 g/mol. The van der Waals surface area contributed by atoms with Crippen molar-refractivity contribution in [1.82, 2.24) is 4.57 Å². The molecule has 0 saturated carbocycles. The Labute approximate surface area is 242 Å². The van der Waals surface area contributed by atoms with Gasteiger partial charge in [0.1, 0.15) is 17.3 Å². The van der Waals surface area contributed by atoms with Gasteiger partial charge in [-0.3, -0.25) is 19.5 Å². The molecule has 5 rings (SSSR count). The van der Waals surface area contributed by atoms with Crippen molar-refractivity contribution >= 4 is 40.8 Å². The number of hydrogen-bond acceptors (Lipinski definition) is 10. The highest BCUT2D eigenvalue weighted by Crippen LogP contribution is 2.35. The van der Waals surface area contributed by atoms with Gasteiger partial charge >= 0.3 is 5.97 Å². The maximum atomic E-state index is 13.8. The summed E-state index contributed by atoms with van der Waals surface area (Å²) >= 11 is 2.77. The molecule has 210 valence electrons. The third-order valence-corrected chi connectivity index (χ3v) is 8.23. The summed E-state index contributed by atoms with van der Waals surface area (Å²) in [5.74, 6) is 0.590. The van der Waals surface area contributed by atoms with Crippen LogP contribution < -0.4 is 19.6 Å². The zero-order valence-corrected chi connectivity index (χ0v) is 24.2. The third-order valence-electron chi connectivity index (χ3n) is 6.51. The lowest BCUT2D eigenvalue weighted by molar-refractivity contribution is -0.384. The van der Waals surface area contributed by atoms with Crippen molar-refractivity contribution in [3.8, 4) is 17.1 Å².